The monoisotopic (exact) mass is 398 g/mol. The van der Waals surface area contributed by atoms with E-state index in [-0.39, 0.29) is 18.8 Å². The minimum Gasteiger partial charge on any atom is -0.394 e. The Labute approximate surface area is 148 Å². The number of hydrogen-bond acceptors (Lipinski definition) is 4. The molecular weight excluding hydrogens is 373 g/mol. The molecule has 2 N–H and O–H groups in total. The lowest BCUT2D eigenvalue weighted by molar-refractivity contribution is 0.156. The molecule has 1 aromatic carbocycles. The zero-order chi connectivity index (χ0) is 19.4. The Morgan fingerprint density at radius 1 is 1.20 bits per heavy atom. The number of nitrogen functional groups attached to an aromatic ring is 1. The van der Waals surface area contributed by atoms with E-state index < -0.39 is 53.7 Å². The lowest BCUT2D eigenvalue weighted by atomic mass is 10.2. The van der Waals surface area contributed by atoms with Crippen molar-refractivity contribution in [2.45, 2.75) is 39.0 Å². The van der Waals surface area contributed by atoms with Crippen LogP contribution in [0.3, 0.4) is 0 Å². The third-order valence-electron chi connectivity index (χ3n) is 3.44. The van der Waals surface area contributed by atoms with E-state index in [2.05, 4.69) is 19.6 Å². The highest BCUT2D eigenvalue weighted by Crippen LogP contribution is 2.30. The van der Waals surface area contributed by atoms with Crippen molar-refractivity contribution in [3.8, 4) is 0 Å². The zero-order valence-electron chi connectivity index (χ0n) is 14.9. The smallest absolute Gasteiger partial charge is 0.237 e. The molecule has 5 nitrogen and oxygen atoms in total. The van der Waals surface area contributed by atoms with Crippen LogP contribution in [0.15, 0.2) is 6.07 Å². The van der Waals surface area contributed by atoms with Crippen molar-refractivity contribution in [3.05, 3.63) is 23.5 Å². The van der Waals surface area contributed by atoms with E-state index in [4.69, 9.17) is 10.5 Å². The molecule has 0 saturated carbocycles. The molecule has 0 amide bonds. The lowest BCUT2D eigenvalue weighted by Crippen LogP contribution is -2.36. The van der Waals surface area contributed by atoms with Gasteiger partial charge in [-0.2, -0.15) is 0 Å². The minimum absolute atomic E-state index is 0.272. The van der Waals surface area contributed by atoms with Crippen LogP contribution in [0.2, 0.25) is 25.7 Å². The SMILES string of the molecule is CCCS(=O)(=O)N(COCC[Si](C)(C)C)c1cc(F)c(F)c(N)c1F. The second-order valence-electron chi connectivity index (χ2n) is 6.93. The van der Waals surface area contributed by atoms with E-state index in [1.807, 2.05) is 0 Å². The molecule has 0 fully saturated rings. The molecule has 0 atom stereocenters. The van der Waals surface area contributed by atoms with Gasteiger partial charge in [-0.05, 0) is 12.5 Å². The standard InChI is InChI=1S/C15H25F3N2O3SSi/c1-5-7-24(21,22)20(10-23-6-8-25(2,3)4)12-9-11(16)13(17)15(19)14(12)18/h9H,5-8,10,19H2,1-4H3. The van der Waals surface area contributed by atoms with Crippen LogP contribution in [0.1, 0.15) is 13.3 Å². The fraction of sp³-hybridized carbons (Fsp3) is 0.600. The molecule has 0 bridgehead atoms. The largest absolute Gasteiger partial charge is 0.394 e. The summed E-state index contributed by atoms with van der Waals surface area (Å²) in [5.41, 5.74) is 3.49. The fourth-order valence-corrected chi connectivity index (χ4v) is 4.15. The quantitative estimate of drug-likeness (QED) is 0.227. The summed E-state index contributed by atoms with van der Waals surface area (Å²) >= 11 is 0. The predicted molar refractivity (Wildman–Crippen MR) is 96.3 cm³/mol. The summed E-state index contributed by atoms with van der Waals surface area (Å²) in [5, 5.41) is 0. The van der Waals surface area contributed by atoms with Gasteiger partial charge in [0.25, 0.3) is 0 Å². The van der Waals surface area contributed by atoms with Crippen LogP contribution in [-0.2, 0) is 14.8 Å². The van der Waals surface area contributed by atoms with Crippen molar-refractivity contribution >= 4 is 29.5 Å². The van der Waals surface area contributed by atoms with Gasteiger partial charge in [-0.25, -0.2) is 25.9 Å². The van der Waals surface area contributed by atoms with Crippen LogP contribution in [0.25, 0.3) is 0 Å². The molecule has 10 heteroatoms. The van der Waals surface area contributed by atoms with E-state index in [1.54, 1.807) is 6.92 Å². The molecule has 0 aromatic heterocycles. The van der Waals surface area contributed by atoms with E-state index in [9.17, 15) is 21.6 Å². The first-order valence-electron chi connectivity index (χ1n) is 7.92. The maximum Gasteiger partial charge on any atom is 0.237 e. The number of benzene rings is 1. The van der Waals surface area contributed by atoms with Gasteiger partial charge in [0.15, 0.2) is 17.5 Å². The second kappa shape index (κ2) is 8.41. The number of nitrogens with zero attached hydrogens (tertiary/aromatic N) is 1. The molecule has 144 valence electrons. The van der Waals surface area contributed by atoms with Gasteiger partial charge in [0.05, 0.1) is 11.4 Å². The molecule has 0 aliphatic carbocycles. The van der Waals surface area contributed by atoms with Gasteiger partial charge in [0.2, 0.25) is 10.0 Å². The molecule has 0 radical (unpaired) electrons. The zero-order valence-corrected chi connectivity index (χ0v) is 16.7. The van der Waals surface area contributed by atoms with Gasteiger partial charge in [-0.15, -0.1) is 0 Å². The van der Waals surface area contributed by atoms with Gasteiger partial charge >= 0.3 is 0 Å². The number of hydrogen-bond donors (Lipinski definition) is 1. The van der Waals surface area contributed by atoms with Crippen molar-refractivity contribution in [1.29, 1.82) is 0 Å². The first-order valence-corrected chi connectivity index (χ1v) is 13.2. The van der Waals surface area contributed by atoms with Gasteiger partial charge in [0, 0.05) is 20.7 Å². The minimum atomic E-state index is -3.98. The molecule has 1 rings (SSSR count). The molecule has 25 heavy (non-hydrogen) atoms. The van der Waals surface area contributed by atoms with Crippen LogP contribution in [0, 0.1) is 17.5 Å². The summed E-state index contributed by atoms with van der Waals surface area (Å²) in [6.45, 7) is 7.80. The summed E-state index contributed by atoms with van der Waals surface area (Å²) in [6.07, 6.45) is 0.272. The van der Waals surface area contributed by atoms with Gasteiger partial charge in [0.1, 0.15) is 12.4 Å². The molecular formula is C15H25F3N2O3SSi. The van der Waals surface area contributed by atoms with Crippen molar-refractivity contribution in [1.82, 2.24) is 0 Å². The van der Waals surface area contributed by atoms with Crippen molar-refractivity contribution in [3.63, 3.8) is 0 Å². The average molecular weight is 399 g/mol. The molecule has 0 spiro atoms. The maximum absolute atomic E-state index is 14.3. The van der Waals surface area contributed by atoms with Crippen molar-refractivity contribution < 1.29 is 26.3 Å². The first-order chi connectivity index (χ1) is 11.4. The normalized spacial score (nSPS) is 12.4. The van der Waals surface area contributed by atoms with Crippen molar-refractivity contribution in [2.75, 3.05) is 29.1 Å². The molecule has 0 saturated heterocycles. The molecule has 0 unspecified atom stereocenters. The highest BCUT2D eigenvalue weighted by atomic mass is 32.2. The highest BCUT2D eigenvalue weighted by molar-refractivity contribution is 7.92. The van der Waals surface area contributed by atoms with Crippen LogP contribution in [0.4, 0.5) is 24.5 Å². The topological polar surface area (TPSA) is 72.6 Å². The number of halogens is 3. The average Bonchev–Trinajstić information content (AvgIpc) is 2.48. The molecule has 1 aromatic rings. The van der Waals surface area contributed by atoms with Crippen LogP contribution >= 0.6 is 0 Å². The summed E-state index contributed by atoms with van der Waals surface area (Å²) in [5.74, 6) is -4.59. The Morgan fingerprint density at radius 3 is 2.32 bits per heavy atom. The van der Waals surface area contributed by atoms with Gasteiger partial charge < -0.3 is 10.5 Å². The van der Waals surface area contributed by atoms with Gasteiger partial charge in [-0.1, -0.05) is 26.6 Å². The van der Waals surface area contributed by atoms with Crippen LogP contribution in [-0.4, -0.2) is 35.6 Å². The Balaban J connectivity index is 3.17. The summed E-state index contributed by atoms with van der Waals surface area (Å²) in [7, 11) is -5.38. The first kappa shape index (κ1) is 21.8. The number of anilines is 2. The molecule has 0 aliphatic heterocycles. The van der Waals surface area contributed by atoms with Crippen molar-refractivity contribution in [2.24, 2.45) is 0 Å². The Hall–Kier alpha value is -1.26. The Morgan fingerprint density at radius 2 is 1.80 bits per heavy atom. The number of sulfonamides is 1. The van der Waals surface area contributed by atoms with Crippen LogP contribution in [0.5, 0.6) is 0 Å². The second-order valence-corrected chi connectivity index (χ2v) is 14.6. The Bertz CT molecular complexity index is 709. The molecule has 0 aliphatic rings. The summed E-state index contributed by atoms with van der Waals surface area (Å²) in [6, 6.07) is 1.26. The third-order valence-corrected chi connectivity index (χ3v) is 7.04. The van der Waals surface area contributed by atoms with E-state index >= 15 is 0 Å². The third kappa shape index (κ3) is 5.89. The van der Waals surface area contributed by atoms with Gasteiger partial charge in [-0.3, -0.25) is 0 Å². The Kier molecular flexibility index (Phi) is 7.33. The lowest BCUT2D eigenvalue weighted by Gasteiger charge is -2.26. The number of ether oxygens (including phenoxy) is 1. The molecule has 0 heterocycles. The van der Waals surface area contributed by atoms with Crippen LogP contribution < -0.4 is 10.0 Å². The number of nitrogens with two attached hydrogens (primary N) is 1. The number of rotatable bonds is 9. The predicted octanol–water partition coefficient (Wildman–Crippen LogP) is 3.54. The maximum atomic E-state index is 14.3. The summed E-state index contributed by atoms with van der Waals surface area (Å²) in [4.78, 5) is 0. The summed E-state index contributed by atoms with van der Waals surface area (Å²) < 4.78 is 72.1. The fourth-order valence-electron chi connectivity index (χ4n) is 1.98. The highest BCUT2D eigenvalue weighted by Gasteiger charge is 2.28. The van der Waals surface area contributed by atoms with E-state index in [0.29, 0.717) is 10.4 Å². The van der Waals surface area contributed by atoms with E-state index in [0.717, 1.165) is 6.04 Å². The van der Waals surface area contributed by atoms with E-state index in [1.165, 1.54) is 0 Å².